The van der Waals surface area contributed by atoms with E-state index in [0.29, 0.717) is 37.5 Å². The number of carbonyl (C=O) groups is 2. The minimum absolute atomic E-state index is 0.0424. The molecule has 3 heterocycles. The maximum absolute atomic E-state index is 12.7. The molecule has 3 aromatic rings. The van der Waals surface area contributed by atoms with Gasteiger partial charge in [-0.15, -0.1) is 0 Å². The first-order valence-corrected chi connectivity index (χ1v) is 10.4. The fraction of sp³-hybridized carbons (Fsp3) is 0.292. The highest BCUT2D eigenvalue weighted by Crippen LogP contribution is 2.18. The molecule has 4 rings (SSSR count). The molecule has 31 heavy (non-hydrogen) atoms. The van der Waals surface area contributed by atoms with Crippen LogP contribution in [0.4, 0.5) is 10.5 Å². The van der Waals surface area contributed by atoms with Gasteiger partial charge in [-0.1, -0.05) is 12.1 Å². The van der Waals surface area contributed by atoms with E-state index in [2.05, 4.69) is 10.3 Å². The number of hydrogen-bond donors (Lipinski definition) is 1. The number of anilines is 1. The number of benzene rings is 1. The predicted octanol–water partition coefficient (Wildman–Crippen LogP) is 3.87. The monoisotopic (exact) mass is 418 g/mol. The molecule has 0 atom stereocenters. The number of carbonyl (C=O) groups excluding carboxylic acids is 2. The molecule has 0 aliphatic carbocycles. The lowest BCUT2D eigenvalue weighted by Gasteiger charge is -2.34. The quantitative estimate of drug-likeness (QED) is 0.698. The summed E-state index contributed by atoms with van der Waals surface area (Å²) in [5.74, 6) is 1.32. The van der Waals surface area contributed by atoms with Gasteiger partial charge in [0.25, 0.3) is 5.91 Å². The van der Waals surface area contributed by atoms with Gasteiger partial charge in [0.05, 0.1) is 5.56 Å². The number of aromatic nitrogens is 1. The summed E-state index contributed by atoms with van der Waals surface area (Å²) in [4.78, 5) is 32.9. The molecule has 1 saturated heterocycles. The maximum Gasteiger partial charge on any atom is 0.321 e. The zero-order chi connectivity index (χ0) is 21.8. The van der Waals surface area contributed by atoms with E-state index in [-0.39, 0.29) is 11.9 Å². The summed E-state index contributed by atoms with van der Waals surface area (Å²) in [6.45, 7) is 5.62. The number of aryl methyl sites for hydroxylation is 2. The average molecular weight is 418 g/mol. The van der Waals surface area contributed by atoms with Crippen molar-refractivity contribution in [1.82, 2.24) is 14.8 Å². The molecular formula is C24H26N4O3. The second-order valence-electron chi connectivity index (χ2n) is 7.77. The van der Waals surface area contributed by atoms with E-state index in [1.807, 2.05) is 43.3 Å². The van der Waals surface area contributed by atoms with Crippen molar-refractivity contribution in [2.45, 2.75) is 20.3 Å². The zero-order valence-electron chi connectivity index (χ0n) is 17.8. The Morgan fingerprint density at radius 3 is 2.16 bits per heavy atom. The Kier molecular flexibility index (Phi) is 6.02. The summed E-state index contributed by atoms with van der Waals surface area (Å²) < 4.78 is 5.47. The van der Waals surface area contributed by atoms with Gasteiger partial charge in [-0.3, -0.25) is 9.78 Å². The Balaban J connectivity index is 1.29. The Bertz CT molecular complexity index is 1050. The molecule has 160 valence electrons. The fourth-order valence-corrected chi connectivity index (χ4v) is 3.77. The normalized spacial score (nSPS) is 13.9. The summed E-state index contributed by atoms with van der Waals surface area (Å²) >= 11 is 0. The van der Waals surface area contributed by atoms with Gasteiger partial charge >= 0.3 is 6.03 Å². The number of rotatable bonds is 4. The van der Waals surface area contributed by atoms with Crippen molar-refractivity contribution in [3.05, 3.63) is 83.1 Å². The summed E-state index contributed by atoms with van der Waals surface area (Å²) in [6.07, 6.45) is 4.39. The first-order valence-electron chi connectivity index (χ1n) is 10.4. The summed E-state index contributed by atoms with van der Waals surface area (Å²) in [6, 6.07) is 13.5. The number of hydrogen-bond acceptors (Lipinski definition) is 4. The third-order valence-electron chi connectivity index (χ3n) is 5.49. The van der Waals surface area contributed by atoms with E-state index >= 15 is 0 Å². The second-order valence-corrected chi connectivity index (χ2v) is 7.77. The third kappa shape index (κ3) is 4.94. The molecule has 0 unspecified atom stereocenters. The Morgan fingerprint density at radius 2 is 1.55 bits per heavy atom. The van der Waals surface area contributed by atoms with Crippen molar-refractivity contribution in [3.8, 4) is 0 Å². The molecule has 1 N–H and O–H groups in total. The molecule has 7 heteroatoms. The largest absolute Gasteiger partial charge is 0.466 e. The minimum Gasteiger partial charge on any atom is -0.466 e. The van der Waals surface area contributed by atoms with Gasteiger partial charge in [-0.25, -0.2) is 4.79 Å². The summed E-state index contributed by atoms with van der Waals surface area (Å²) in [7, 11) is 0. The highest BCUT2D eigenvalue weighted by atomic mass is 16.3. The van der Waals surface area contributed by atoms with E-state index in [0.717, 1.165) is 17.9 Å². The van der Waals surface area contributed by atoms with Crippen LogP contribution in [0.1, 0.15) is 33.0 Å². The van der Waals surface area contributed by atoms with Crippen LogP contribution in [-0.4, -0.2) is 52.9 Å². The van der Waals surface area contributed by atoms with Crippen molar-refractivity contribution >= 4 is 17.6 Å². The highest BCUT2D eigenvalue weighted by molar-refractivity contribution is 5.95. The Labute approximate surface area is 181 Å². The average Bonchev–Trinajstić information content (AvgIpc) is 3.13. The van der Waals surface area contributed by atoms with Gasteiger partial charge in [-0.2, -0.15) is 0 Å². The minimum atomic E-state index is -0.149. The van der Waals surface area contributed by atoms with Crippen LogP contribution in [-0.2, 0) is 6.42 Å². The van der Waals surface area contributed by atoms with Gasteiger partial charge < -0.3 is 19.5 Å². The second kappa shape index (κ2) is 9.04. The molecule has 1 fully saturated rings. The lowest BCUT2D eigenvalue weighted by atomic mass is 10.1. The first kappa shape index (κ1) is 20.7. The topological polar surface area (TPSA) is 78.7 Å². The molecule has 7 nitrogen and oxygen atoms in total. The van der Waals surface area contributed by atoms with Gasteiger partial charge in [0.1, 0.15) is 11.5 Å². The van der Waals surface area contributed by atoms with Crippen molar-refractivity contribution < 1.29 is 14.0 Å². The molecule has 1 aromatic carbocycles. The standard InChI is InChI=1S/C24H26N4O3/c1-17-15-22(18(2)31-17)23(29)27-11-13-28(14-12-27)24(30)26-21-5-3-19(4-6-21)16-20-7-9-25-10-8-20/h3-10,15H,11-14,16H2,1-2H3,(H,26,30). The van der Waals surface area contributed by atoms with E-state index in [4.69, 9.17) is 4.42 Å². The van der Waals surface area contributed by atoms with Crippen LogP contribution in [0.3, 0.4) is 0 Å². The summed E-state index contributed by atoms with van der Waals surface area (Å²) in [5.41, 5.74) is 3.72. The fourth-order valence-electron chi connectivity index (χ4n) is 3.77. The smallest absolute Gasteiger partial charge is 0.321 e. The zero-order valence-corrected chi connectivity index (χ0v) is 17.8. The van der Waals surface area contributed by atoms with Gasteiger partial charge in [0.2, 0.25) is 0 Å². The number of pyridine rings is 1. The van der Waals surface area contributed by atoms with E-state index in [1.54, 1.807) is 35.2 Å². The van der Waals surface area contributed by atoms with Crippen LogP contribution in [0.5, 0.6) is 0 Å². The van der Waals surface area contributed by atoms with Gasteiger partial charge in [0.15, 0.2) is 0 Å². The SMILES string of the molecule is Cc1cc(C(=O)N2CCN(C(=O)Nc3ccc(Cc4ccncc4)cc3)CC2)c(C)o1. The lowest BCUT2D eigenvalue weighted by molar-refractivity contribution is 0.0670. The molecular weight excluding hydrogens is 392 g/mol. The van der Waals surface area contributed by atoms with Crippen molar-refractivity contribution in [2.24, 2.45) is 0 Å². The van der Waals surface area contributed by atoms with Crippen LogP contribution in [0.25, 0.3) is 0 Å². The number of furan rings is 1. The van der Waals surface area contributed by atoms with Crippen LogP contribution >= 0.6 is 0 Å². The van der Waals surface area contributed by atoms with E-state index in [9.17, 15) is 9.59 Å². The van der Waals surface area contributed by atoms with Crippen LogP contribution < -0.4 is 5.32 Å². The van der Waals surface area contributed by atoms with E-state index < -0.39 is 0 Å². The summed E-state index contributed by atoms with van der Waals surface area (Å²) in [5, 5.41) is 2.95. The third-order valence-corrected chi connectivity index (χ3v) is 5.49. The van der Waals surface area contributed by atoms with Gasteiger partial charge in [-0.05, 0) is 61.7 Å². The van der Waals surface area contributed by atoms with E-state index in [1.165, 1.54) is 11.1 Å². The molecule has 0 spiro atoms. The number of nitrogens with one attached hydrogen (secondary N) is 1. The molecule has 3 amide bonds. The number of urea groups is 1. The van der Waals surface area contributed by atoms with Crippen LogP contribution in [0.2, 0.25) is 0 Å². The maximum atomic E-state index is 12.7. The highest BCUT2D eigenvalue weighted by Gasteiger charge is 2.26. The Morgan fingerprint density at radius 1 is 0.935 bits per heavy atom. The molecule has 0 saturated carbocycles. The van der Waals surface area contributed by atoms with Crippen LogP contribution in [0, 0.1) is 13.8 Å². The van der Waals surface area contributed by atoms with Crippen molar-refractivity contribution in [3.63, 3.8) is 0 Å². The number of piperazine rings is 1. The van der Waals surface area contributed by atoms with Gasteiger partial charge in [0, 0.05) is 44.3 Å². The molecule has 0 bridgehead atoms. The number of amides is 3. The van der Waals surface area contributed by atoms with Crippen LogP contribution in [0.15, 0.2) is 59.3 Å². The number of nitrogens with zero attached hydrogens (tertiary/aromatic N) is 3. The molecule has 1 aliphatic rings. The molecule has 0 radical (unpaired) electrons. The van der Waals surface area contributed by atoms with Crippen molar-refractivity contribution in [1.29, 1.82) is 0 Å². The van der Waals surface area contributed by atoms with Crippen molar-refractivity contribution in [2.75, 3.05) is 31.5 Å². The Hall–Kier alpha value is -3.61. The molecule has 1 aliphatic heterocycles. The molecule has 2 aromatic heterocycles. The first-order chi connectivity index (χ1) is 15.0. The predicted molar refractivity (Wildman–Crippen MR) is 118 cm³/mol. The lowest BCUT2D eigenvalue weighted by Crippen LogP contribution is -2.51.